The third kappa shape index (κ3) is 7.91. The quantitative estimate of drug-likeness (QED) is 0.137. The number of aromatic hydroxyl groups is 1. The highest BCUT2D eigenvalue weighted by molar-refractivity contribution is 6.80. The number of ether oxygens (including phenoxy) is 2. The third-order valence-corrected chi connectivity index (χ3v) is 9.01. The molecule has 1 N–H and O–H groups in total. The van der Waals surface area contributed by atoms with Crippen LogP contribution in [0.25, 0.3) is 0 Å². The maximum atomic E-state index is 11.5. The summed E-state index contributed by atoms with van der Waals surface area (Å²) in [5.74, 6) is 1.92. The Hall–Kier alpha value is -4.48. The highest BCUT2D eigenvalue weighted by Gasteiger charge is 2.29. The number of hydrogen-bond acceptors (Lipinski definition) is 4. The molecule has 0 heterocycles. The Morgan fingerprint density at radius 3 is 1.48 bits per heavy atom. The van der Waals surface area contributed by atoms with Crippen molar-refractivity contribution in [2.24, 2.45) is 0 Å². The molecule has 5 aromatic carbocycles. The van der Waals surface area contributed by atoms with Gasteiger partial charge in [0.05, 0.1) is 0 Å². The zero-order chi connectivity index (χ0) is 31.3. The standard InChI is InChI=1S/C39H41O4Si/c1-38(2,3)41-29-22-24-33(35(40)26-29)37(28-16-10-7-11-17-28)34-25-23-30(42-39(4,5)6)27-36(34)43-44(31-18-12-8-13-19-31)32-20-14-9-15-21-32/h7-27,37,40H,1-6H3. The summed E-state index contributed by atoms with van der Waals surface area (Å²) in [5, 5.41) is 13.8. The van der Waals surface area contributed by atoms with Gasteiger partial charge in [-0.3, -0.25) is 0 Å². The van der Waals surface area contributed by atoms with Gasteiger partial charge in [0.2, 0.25) is 0 Å². The Morgan fingerprint density at radius 2 is 1.00 bits per heavy atom. The SMILES string of the molecule is CC(C)(C)Oc1ccc(C(c2ccccc2)c2ccc(OC(C)(C)C)cc2O[Si](c2ccccc2)c2ccccc2)c(O)c1. The molecule has 225 valence electrons. The number of hydrogen-bond donors (Lipinski definition) is 1. The Bertz CT molecular complexity index is 1620. The van der Waals surface area contributed by atoms with E-state index in [2.05, 4.69) is 66.7 Å². The summed E-state index contributed by atoms with van der Waals surface area (Å²) < 4.78 is 19.5. The van der Waals surface area contributed by atoms with Gasteiger partial charge in [-0.15, -0.1) is 0 Å². The van der Waals surface area contributed by atoms with Gasteiger partial charge >= 0.3 is 9.04 Å². The van der Waals surface area contributed by atoms with Crippen LogP contribution in [0.2, 0.25) is 0 Å². The van der Waals surface area contributed by atoms with Gasteiger partial charge in [-0.1, -0.05) is 103 Å². The maximum Gasteiger partial charge on any atom is 0.352 e. The summed E-state index contributed by atoms with van der Waals surface area (Å²) in [5.41, 5.74) is 1.97. The smallest absolute Gasteiger partial charge is 0.352 e. The molecule has 0 fully saturated rings. The van der Waals surface area contributed by atoms with Gasteiger partial charge < -0.3 is 19.0 Å². The van der Waals surface area contributed by atoms with Crippen molar-refractivity contribution in [1.29, 1.82) is 0 Å². The predicted molar refractivity (Wildman–Crippen MR) is 181 cm³/mol. The zero-order valence-electron chi connectivity index (χ0n) is 26.4. The van der Waals surface area contributed by atoms with E-state index in [1.807, 2.05) is 96.1 Å². The molecule has 5 rings (SSSR count). The van der Waals surface area contributed by atoms with Gasteiger partial charge in [0.15, 0.2) is 0 Å². The molecular formula is C39H41O4Si. The first-order valence-corrected chi connectivity index (χ1v) is 16.4. The highest BCUT2D eigenvalue weighted by atomic mass is 28.3. The first-order chi connectivity index (χ1) is 21.0. The second-order valence-corrected chi connectivity index (χ2v) is 14.9. The van der Waals surface area contributed by atoms with Crippen molar-refractivity contribution >= 4 is 19.4 Å². The van der Waals surface area contributed by atoms with Crippen LogP contribution in [-0.2, 0) is 0 Å². The monoisotopic (exact) mass is 601 g/mol. The van der Waals surface area contributed by atoms with E-state index in [0.717, 1.165) is 38.6 Å². The Kier molecular flexibility index (Phi) is 9.16. The summed E-state index contributed by atoms with van der Waals surface area (Å²) in [4.78, 5) is 0. The first-order valence-electron chi connectivity index (χ1n) is 15.0. The summed E-state index contributed by atoms with van der Waals surface area (Å²) in [6, 6.07) is 42.7. The molecule has 1 radical (unpaired) electrons. The van der Waals surface area contributed by atoms with Crippen LogP contribution in [0.5, 0.6) is 23.0 Å². The minimum Gasteiger partial charge on any atom is -0.532 e. The van der Waals surface area contributed by atoms with Crippen molar-refractivity contribution in [3.63, 3.8) is 0 Å². The van der Waals surface area contributed by atoms with Crippen LogP contribution >= 0.6 is 0 Å². The van der Waals surface area contributed by atoms with E-state index in [0.29, 0.717) is 5.75 Å². The van der Waals surface area contributed by atoms with Crippen LogP contribution in [0.1, 0.15) is 64.2 Å². The summed E-state index contributed by atoms with van der Waals surface area (Å²) in [7, 11) is -1.70. The molecule has 0 amide bonds. The van der Waals surface area contributed by atoms with E-state index in [4.69, 9.17) is 13.9 Å². The molecular weight excluding hydrogens is 561 g/mol. The molecule has 0 aliphatic carbocycles. The number of rotatable bonds is 9. The summed E-state index contributed by atoms with van der Waals surface area (Å²) >= 11 is 0. The molecule has 0 aliphatic rings. The molecule has 0 saturated heterocycles. The number of benzene rings is 5. The van der Waals surface area contributed by atoms with Crippen molar-refractivity contribution in [3.8, 4) is 23.0 Å². The summed E-state index contributed by atoms with van der Waals surface area (Å²) in [6.07, 6.45) is 0. The fourth-order valence-corrected chi connectivity index (χ4v) is 7.15. The predicted octanol–water partition coefficient (Wildman–Crippen LogP) is 8.11. The van der Waals surface area contributed by atoms with Crippen molar-refractivity contribution in [1.82, 2.24) is 0 Å². The Morgan fingerprint density at radius 1 is 0.545 bits per heavy atom. The molecule has 4 nitrogen and oxygen atoms in total. The van der Waals surface area contributed by atoms with Gasteiger partial charge in [-0.2, -0.15) is 0 Å². The fraction of sp³-hybridized carbons (Fsp3) is 0.231. The number of phenolic OH excluding ortho intramolecular Hbond substituents is 1. The minimum absolute atomic E-state index is 0.165. The van der Waals surface area contributed by atoms with Gasteiger partial charge in [0, 0.05) is 29.2 Å². The number of phenols is 1. The lowest BCUT2D eigenvalue weighted by atomic mass is 9.84. The fourth-order valence-electron chi connectivity index (χ4n) is 5.19. The van der Waals surface area contributed by atoms with Crippen molar-refractivity contribution in [3.05, 3.63) is 144 Å². The lowest BCUT2D eigenvalue weighted by molar-refractivity contribution is 0.130. The normalized spacial score (nSPS) is 12.5. The topological polar surface area (TPSA) is 47.9 Å². The molecule has 5 heteroatoms. The van der Waals surface area contributed by atoms with E-state index >= 15 is 0 Å². The highest BCUT2D eigenvalue weighted by Crippen LogP contribution is 2.43. The van der Waals surface area contributed by atoms with E-state index in [1.165, 1.54) is 0 Å². The molecule has 1 atom stereocenters. The van der Waals surface area contributed by atoms with Crippen LogP contribution in [0.15, 0.2) is 127 Å². The van der Waals surface area contributed by atoms with Gasteiger partial charge in [0.1, 0.15) is 34.2 Å². The maximum absolute atomic E-state index is 11.5. The van der Waals surface area contributed by atoms with Crippen LogP contribution in [0, 0.1) is 0 Å². The van der Waals surface area contributed by atoms with Crippen molar-refractivity contribution < 1.29 is 19.0 Å². The molecule has 1 unspecified atom stereocenters. The lowest BCUT2D eigenvalue weighted by Crippen LogP contribution is -2.47. The molecule has 0 aromatic heterocycles. The van der Waals surface area contributed by atoms with Crippen LogP contribution in [0.4, 0.5) is 0 Å². The summed E-state index contributed by atoms with van der Waals surface area (Å²) in [6.45, 7) is 12.1. The van der Waals surface area contributed by atoms with Crippen LogP contribution < -0.4 is 24.3 Å². The molecule has 44 heavy (non-hydrogen) atoms. The first kappa shape index (κ1) is 31.0. The molecule has 5 aromatic rings. The minimum atomic E-state index is -1.70. The zero-order valence-corrected chi connectivity index (χ0v) is 27.4. The van der Waals surface area contributed by atoms with E-state index in [1.54, 1.807) is 6.07 Å². The second kappa shape index (κ2) is 13.0. The molecule has 0 spiro atoms. The van der Waals surface area contributed by atoms with Gasteiger partial charge in [-0.25, -0.2) is 0 Å². The Labute approximate surface area is 263 Å². The van der Waals surface area contributed by atoms with Gasteiger partial charge in [0.25, 0.3) is 0 Å². The third-order valence-electron chi connectivity index (χ3n) is 6.87. The lowest BCUT2D eigenvalue weighted by Gasteiger charge is -2.28. The van der Waals surface area contributed by atoms with E-state index in [9.17, 15) is 5.11 Å². The average Bonchev–Trinajstić information content (AvgIpc) is 2.98. The molecule has 0 aliphatic heterocycles. The van der Waals surface area contributed by atoms with E-state index < -0.39 is 9.04 Å². The second-order valence-electron chi connectivity index (χ2n) is 12.9. The largest absolute Gasteiger partial charge is 0.532 e. The molecule has 0 saturated carbocycles. The Balaban J connectivity index is 1.69. The van der Waals surface area contributed by atoms with Crippen molar-refractivity contribution in [2.45, 2.75) is 58.7 Å². The van der Waals surface area contributed by atoms with Gasteiger partial charge in [-0.05, 0) is 69.6 Å². The van der Waals surface area contributed by atoms with Crippen LogP contribution in [0.3, 0.4) is 0 Å². The van der Waals surface area contributed by atoms with E-state index in [-0.39, 0.29) is 22.9 Å². The van der Waals surface area contributed by atoms with Crippen LogP contribution in [-0.4, -0.2) is 25.3 Å². The van der Waals surface area contributed by atoms with Crippen molar-refractivity contribution in [2.75, 3.05) is 0 Å². The average molecular weight is 602 g/mol. The molecule has 0 bridgehead atoms.